The van der Waals surface area contributed by atoms with Crippen molar-refractivity contribution in [1.82, 2.24) is 5.43 Å². The van der Waals surface area contributed by atoms with E-state index in [1.54, 1.807) is 42.5 Å². The summed E-state index contributed by atoms with van der Waals surface area (Å²) in [6.07, 6.45) is 2.75. The fourth-order valence-corrected chi connectivity index (χ4v) is 4.72. The molecule has 0 fully saturated rings. The van der Waals surface area contributed by atoms with Crippen molar-refractivity contribution in [3.8, 4) is 11.5 Å². The minimum Gasteiger partial charge on any atom is -0.481 e. The highest BCUT2D eigenvalue weighted by atomic mass is 79.9. The van der Waals surface area contributed by atoms with Crippen LogP contribution in [0.3, 0.4) is 0 Å². The molecule has 0 aliphatic rings. The van der Waals surface area contributed by atoms with Crippen LogP contribution in [0.15, 0.2) is 77.7 Å². The number of hydrogen-bond donors (Lipinski definition) is 1. The maximum atomic E-state index is 12.0. The van der Waals surface area contributed by atoms with Crippen molar-refractivity contribution in [2.45, 2.75) is 0 Å². The van der Waals surface area contributed by atoms with Crippen LogP contribution in [-0.4, -0.2) is 24.7 Å². The third-order valence-corrected chi connectivity index (χ3v) is 5.18. The monoisotopic (exact) mass is 598 g/mol. The minimum atomic E-state index is -0.635. The van der Waals surface area contributed by atoms with E-state index in [9.17, 15) is 9.59 Å². The number of nitrogens with one attached hydrogen (secondary N) is 1. The van der Waals surface area contributed by atoms with E-state index in [-0.39, 0.29) is 18.1 Å². The van der Waals surface area contributed by atoms with E-state index in [0.717, 1.165) is 4.47 Å². The first-order chi connectivity index (χ1) is 14.4. The molecule has 0 unspecified atom stereocenters. The molecule has 0 aliphatic heterocycles. The van der Waals surface area contributed by atoms with Gasteiger partial charge in [-0.1, -0.05) is 28.1 Å². The van der Waals surface area contributed by atoms with Gasteiger partial charge in [0, 0.05) is 10.0 Å². The molecule has 0 aliphatic carbocycles. The normalized spacial score (nSPS) is 10.8. The first kappa shape index (κ1) is 22.3. The summed E-state index contributed by atoms with van der Waals surface area (Å²) in [6, 6.07) is 13.5. The molecule has 1 amide bonds. The van der Waals surface area contributed by atoms with Gasteiger partial charge in [0.1, 0.15) is 11.5 Å². The highest BCUT2D eigenvalue weighted by Gasteiger charge is 2.13. The summed E-state index contributed by atoms with van der Waals surface area (Å²) in [5, 5.41) is 3.89. The fourth-order valence-electron chi connectivity index (χ4n) is 2.24. The first-order valence-electron chi connectivity index (χ1n) is 8.38. The summed E-state index contributed by atoms with van der Waals surface area (Å²) in [5.74, 6) is -0.247. The third kappa shape index (κ3) is 6.04. The van der Waals surface area contributed by atoms with Crippen LogP contribution < -0.4 is 14.9 Å². The van der Waals surface area contributed by atoms with E-state index in [2.05, 4.69) is 58.3 Å². The molecule has 0 spiro atoms. The Labute approximate surface area is 196 Å². The Morgan fingerprint density at radius 1 is 1.07 bits per heavy atom. The molecule has 154 valence electrons. The Morgan fingerprint density at radius 3 is 2.50 bits per heavy atom. The van der Waals surface area contributed by atoms with Crippen LogP contribution in [0.5, 0.6) is 11.5 Å². The Kier molecular flexibility index (Phi) is 7.83. The van der Waals surface area contributed by atoms with Gasteiger partial charge in [-0.25, -0.2) is 10.2 Å². The number of amides is 1. The van der Waals surface area contributed by atoms with Gasteiger partial charge >= 0.3 is 5.97 Å². The molecule has 30 heavy (non-hydrogen) atoms. The second-order valence-electron chi connectivity index (χ2n) is 5.69. The van der Waals surface area contributed by atoms with Crippen molar-refractivity contribution >= 4 is 65.9 Å². The van der Waals surface area contributed by atoms with Gasteiger partial charge in [0.05, 0.1) is 21.4 Å². The topological polar surface area (TPSA) is 90.1 Å². The van der Waals surface area contributed by atoms with Crippen LogP contribution in [0.25, 0.3) is 0 Å². The van der Waals surface area contributed by atoms with Gasteiger partial charge in [-0.3, -0.25) is 4.79 Å². The van der Waals surface area contributed by atoms with Crippen molar-refractivity contribution in [2.24, 2.45) is 5.10 Å². The third-order valence-electron chi connectivity index (χ3n) is 3.55. The molecule has 1 N–H and O–H groups in total. The van der Waals surface area contributed by atoms with Crippen LogP contribution in [0.4, 0.5) is 0 Å². The molecular weight excluding hydrogens is 588 g/mol. The van der Waals surface area contributed by atoms with Crippen LogP contribution in [0, 0.1) is 0 Å². The van der Waals surface area contributed by atoms with Gasteiger partial charge < -0.3 is 13.9 Å². The highest BCUT2D eigenvalue weighted by Crippen LogP contribution is 2.36. The standard InChI is InChI=1S/C20H13Br3N2O5/c21-13-8-14(22)19(15(23)9-13)29-11-18(26)25-24-10-12-4-1-2-5-16(12)30-20(27)17-6-3-7-28-17/h1-10H,11H2,(H,25,26)/b24-10+. The van der Waals surface area contributed by atoms with Gasteiger partial charge in [0.2, 0.25) is 5.76 Å². The maximum absolute atomic E-state index is 12.0. The van der Waals surface area contributed by atoms with E-state index >= 15 is 0 Å². The molecular formula is C20H13Br3N2O5. The zero-order valence-electron chi connectivity index (χ0n) is 15.1. The Balaban J connectivity index is 1.58. The molecule has 3 aromatic rings. The Morgan fingerprint density at radius 2 is 1.80 bits per heavy atom. The Bertz CT molecular complexity index is 1060. The molecule has 0 radical (unpaired) electrons. The first-order valence-corrected chi connectivity index (χ1v) is 10.8. The van der Waals surface area contributed by atoms with Crippen molar-refractivity contribution < 1.29 is 23.5 Å². The molecule has 10 heteroatoms. The van der Waals surface area contributed by atoms with E-state index in [1.807, 2.05) is 0 Å². The molecule has 2 aromatic carbocycles. The summed E-state index contributed by atoms with van der Waals surface area (Å²) in [7, 11) is 0. The molecule has 1 aromatic heterocycles. The number of esters is 1. The number of nitrogens with zero attached hydrogens (tertiary/aromatic N) is 1. The van der Waals surface area contributed by atoms with Crippen LogP contribution in [0.1, 0.15) is 16.1 Å². The van der Waals surface area contributed by atoms with Gasteiger partial charge in [0.15, 0.2) is 6.61 Å². The number of carbonyl (C=O) groups is 2. The molecule has 0 saturated heterocycles. The van der Waals surface area contributed by atoms with Gasteiger partial charge in [-0.2, -0.15) is 5.10 Å². The average molecular weight is 601 g/mol. The molecule has 1 heterocycles. The number of carbonyl (C=O) groups excluding carboxylic acids is 2. The maximum Gasteiger partial charge on any atom is 0.379 e. The van der Waals surface area contributed by atoms with E-state index < -0.39 is 11.9 Å². The summed E-state index contributed by atoms with van der Waals surface area (Å²) < 4.78 is 18.1. The van der Waals surface area contributed by atoms with Crippen LogP contribution in [-0.2, 0) is 4.79 Å². The number of rotatable bonds is 7. The molecule has 3 rings (SSSR count). The molecule has 0 atom stereocenters. The lowest BCUT2D eigenvalue weighted by atomic mass is 10.2. The second-order valence-corrected chi connectivity index (χ2v) is 8.31. The molecule has 0 bridgehead atoms. The van der Waals surface area contributed by atoms with Gasteiger partial charge in [-0.15, -0.1) is 0 Å². The summed E-state index contributed by atoms with van der Waals surface area (Å²) in [5.41, 5.74) is 2.86. The smallest absolute Gasteiger partial charge is 0.379 e. The number of hydrogen-bond acceptors (Lipinski definition) is 6. The number of para-hydroxylation sites is 1. The van der Waals surface area contributed by atoms with Crippen molar-refractivity contribution in [2.75, 3.05) is 6.61 Å². The van der Waals surface area contributed by atoms with E-state index in [0.29, 0.717) is 20.3 Å². The largest absolute Gasteiger partial charge is 0.481 e. The number of halogens is 3. The van der Waals surface area contributed by atoms with Crippen LogP contribution in [0.2, 0.25) is 0 Å². The lowest BCUT2D eigenvalue weighted by Crippen LogP contribution is -2.24. The van der Waals surface area contributed by atoms with Gasteiger partial charge in [0.25, 0.3) is 5.91 Å². The zero-order valence-corrected chi connectivity index (χ0v) is 19.9. The van der Waals surface area contributed by atoms with E-state index in [4.69, 9.17) is 13.9 Å². The summed E-state index contributed by atoms with van der Waals surface area (Å²) in [4.78, 5) is 24.1. The predicted molar refractivity (Wildman–Crippen MR) is 121 cm³/mol. The van der Waals surface area contributed by atoms with E-state index in [1.165, 1.54) is 18.5 Å². The summed E-state index contributed by atoms with van der Waals surface area (Å²) in [6.45, 7) is -0.245. The second kappa shape index (κ2) is 10.6. The SMILES string of the molecule is O=C(COc1c(Br)cc(Br)cc1Br)N/N=C/c1ccccc1OC(=O)c1ccco1. The van der Waals surface area contributed by atoms with Crippen LogP contribution >= 0.6 is 47.8 Å². The number of furan rings is 1. The quantitative estimate of drug-likeness (QED) is 0.172. The van der Waals surface area contributed by atoms with Crippen molar-refractivity contribution in [1.29, 1.82) is 0 Å². The summed E-state index contributed by atoms with van der Waals surface area (Å²) >= 11 is 10.1. The molecule has 7 nitrogen and oxygen atoms in total. The zero-order chi connectivity index (χ0) is 21.5. The number of hydrazone groups is 1. The lowest BCUT2D eigenvalue weighted by molar-refractivity contribution is -0.123. The van der Waals surface area contributed by atoms with Crippen molar-refractivity contribution in [3.63, 3.8) is 0 Å². The number of ether oxygens (including phenoxy) is 2. The van der Waals surface area contributed by atoms with Crippen molar-refractivity contribution in [3.05, 3.63) is 79.5 Å². The number of benzene rings is 2. The average Bonchev–Trinajstić information content (AvgIpc) is 3.23. The highest BCUT2D eigenvalue weighted by molar-refractivity contribution is 9.11. The Hall–Kier alpha value is -2.43. The molecule has 0 saturated carbocycles. The lowest BCUT2D eigenvalue weighted by Gasteiger charge is -2.10. The fraction of sp³-hybridized carbons (Fsp3) is 0.0500. The minimum absolute atomic E-state index is 0.0810. The predicted octanol–water partition coefficient (Wildman–Crippen LogP) is 5.32. The van der Waals surface area contributed by atoms with Gasteiger partial charge in [-0.05, 0) is 68.3 Å².